The van der Waals surface area contributed by atoms with Crippen molar-refractivity contribution in [1.82, 2.24) is 19.6 Å². The zero-order chi connectivity index (χ0) is 19.6. The minimum Gasteiger partial charge on any atom is -0.455 e. The molecule has 1 N–H and O–H groups in total. The summed E-state index contributed by atoms with van der Waals surface area (Å²) in [7, 11) is 0. The van der Waals surface area contributed by atoms with E-state index in [-0.39, 0.29) is 12.1 Å². The third-order valence-corrected chi connectivity index (χ3v) is 4.53. The number of nitrogens with zero attached hydrogens (tertiary/aromatic N) is 4. The van der Waals surface area contributed by atoms with Crippen molar-refractivity contribution in [3.8, 4) is 0 Å². The van der Waals surface area contributed by atoms with Crippen LogP contribution in [0, 0.1) is 13.8 Å². The maximum Gasteiger partial charge on any atom is 0.310 e. The quantitative estimate of drug-likeness (QED) is 0.652. The van der Waals surface area contributed by atoms with Crippen LogP contribution < -0.4 is 5.32 Å². The number of aromatic nitrogens is 4. The smallest absolute Gasteiger partial charge is 0.310 e. The van der Waals surface area contributed by atoms with E-state index in [1.165, 1.54) is 6.33 Å². The average Bonchev–Trinajstić information content (AvgIpc) is 3.08. The highest BCUT2D eigenvalue weighted by Gasteiger charge is 2.17. The van der Waals surface area contributed by atoms with Crippen LogP contribution in [-0.2, 0) is 20.7 Å². The van der Waals surface area contributed by atoms with Crippen LogP contribution in [-0.4, -0.2) is 38.1 Å². The number of para-hydroxylation sites is 1. The lowest BCUT2D eigenvalue weighted by Gasteiger charge is -2.11. The highest BCUT2D eigenvalue weighted by atomic mass is 35.5. The number of esters is 1. The van der Waals surface area contributed by atoms with Crippen molar-refractivity contribution in [3.05, 3.63) is 51.5 Å². The topological polar surface area (TPSA) is 98.5 Å². The summed E-state index contributed by atoms with van der Waals surface area (Å²) in [5.74, 6) is -0.655. The first kappa shape index (κ1) is 19.1. The molecular formula is C17H15Cl2N5O3. The molecule has 3 aromatic rings. The number of fused-ring (bicyclic) bond motifs is 1. The Balaban J connectivity index is 1.62. The molecule has 0 aliphatic carbocycles. The van der Waals surface area contributed by atoms with E-state index >= 15 is 0 Å². The number of nitrogens with one attached hydrogen (secondary N) is 1. The van der Waals surface area contributed by atoms with Crippen LogP contribution in [0.15, 0.2) is 24.5 Å². The Labute approximate surface area is 164 Å². The van der Waals surface area contributed by atoms with Gasteiger partial charge in [0.25, 0.3) is 11.7 Å². The number of ether oxygens (including phenoxy) is 1. The molecule has 1 amide bonds. The van der Waals surface area contributed by atoms with Gasteiger partial charge in [-0.3, -0.25) is 9.59 Å². The van der Waals surface area contributed by atoms with Crippen molar-refractivity contribution < 1.29 is 14.3 Å². The third-order valence-electron chi connectivity index (χ3n) is 3.90. The number of halogens is 2. The fourth-order valence-electron chi connectivity index (χ4n) is 2.55. The molecule has 27 heavy (non-hydrogen) atoms. The molecule has 2 aromatic heterocycles. The summed E-state index contributed by atoms with van der Waals surface area (Å²) >= 11 is 12.0. The Morgan fingerprint density at radius 2 is 1.93 bits per heavy atom. The van der Waals surface area contributed by atoms with E-state index in [0.717, 1.165) is 5.69 Å². The van der Waals surface area contributed by atoms with E-state index in [1.54, 1.807) is 29.6 Å². The van der Waals surface area contributed by atoms with Gasteiger partial charge in [0.1, 0.15) is 6.33 Å². The van der Waals surface area contributed by atoms with Crippen molar-refractivity contribution in [2.24, 2.45) is 0 Å². The zero-order valence-electron chi connectivity index (χ0n) is 14.5. The predicted molar refractivity (Wildman–Crippen MR) is 100 cm³/mol. The van der Waals surface area contributed by atoms with E-state index < -0.39 is 18.5 Å². The molecule has 0 atom stereocenters. The number of hydrogen-bond donors (Lipinski definition) is 1. The van der Waals surface area contributed by atoms with Gasteiger partial charge in [0.2, 0.25) is 0 Å². The summed E-state index contributed by atoms with van der Waals surface area (Å²) in [6, 6.07) is 4.84. The van der Waals surface area contributed by atoms with Crippen LogP contribution in [0.25, 0.3) is 5.78 Å². The highest BCUT2D eigenvalue weighted by molar-refractivity contribution is 6.39. The lowest BCUT2D eigenvalue weighted by atomic mass is 10.1. The van der Waals surface area contributed by atoms with Crippen molar-refractivity contribution >= 4 is 46.5 Å². The highest BCUT2D eigenvalue weighted by Crippen LogP contribution is 2.29. The number of carbonyl (C=O) groups excluding carboxylic acids is 2. The Bertz CT molecular complexity index is 1010. The summed E-state index contributed by atoms with van der Waals surface area (Å²) in [5.41, 5.74) is 2.33. The van der Waals surface area contributed by atoms with Crippen LogP contribution in [0.1, 0.15) is 17.0 Å². The van der Waals surface area contributed by atoms with Gasteiger partial charge in [0.15, 0.2) is 6.61 Å². The molecule has 2 heterocycles. The van der Waals surface area contributed by atoms with Gasteiger partial charge in [-0.1, -0.05) is 29.3 Å². The first-order chi connectivity index (χ1) is 12.9. The number of rotatable bonds is 5. The molecule has 0 spiro atoms. The first-order valence-electron chi connectivity index (χ1n) is 7.92. The maximum absolute atomic E-state index is 12.2. The SMILES string of the molecule is Cc1nc2ncnn2c(C)c1CC(=O)OCC(=O)Nc1c(Cl)cccc1Cl. The molecular weight excluding hydrogens is 393 g/mol. The Kier molecular flexibility index (Phi) is 5.57. The molecule has 0 aliphatic rings. The van der Waals surface area contributed by atoms with Crippen molar-refractivity contribution in [2.75, 3.05) is 11.9 Å². The van der Waals surface area contributed by atoms with Gasteiger partial charge >= 0.3 is 5.97 Å². The molecule has 1 aromatic carbocycles. The monoisotopic (exact) mass is 407 g/mol. The largest absolute Gasteiger partial charge is 0.455 e. The number of amides is 1. The molecule has 0 bridgehead atoms. The minimum atomic E-state index is -0.567. The van der Waals surface area contributed by atoms with Crippen LogP contribution >= 0.6 is 23.2 Å². The molecule has 3 rings (SSSR count). The standard InChI is InChI=1S/C17H15Cl2N5O3/c1-9-11(10(2)24-17(22-9)20-8-21-24)6-15(26)27-7-14(25)23-16-12(18)4-3-5-13(16)19/h3-5,8H,6-7H2,1-2H3,(H,23,25). The molecule has 0 unspecified atom stereocenters. The molecule has 8 nitrogen and oxygen atoms in total. The first-order valence-corrected chi connectivity index (χ1v) is 8.67. The second-order valence-corrected chi connectivity index (χ2v) is 6.53. The normalized spacial score (nSPS) is 10.8. The van der Waals surface area contributed by atoms with Crippen molar-refractivity contribution in [2.45, 2.75) is 20.3 Å². The second kappa shape index (κ2) is 7.89. The summed E-state index contributed by atoms with van der Waals surface area (Å²) in [4.78, 5) is 32.5. The van der Waals surface area contributed by atoms with Gasteiger partial charge in [-0.25, -0.2) is 9.50 Å². The number of hydrogen-bond acceptors (Lipinski definition) is 6. The van der Waals surface area contributed by atoms with Gasteiger partial charge in [0.05, 0.1) is 22.2 Å². The van der Waals surface area contributed by atoms with E-state index in [2.05, 4.69) is 20.4 Å². The predicted octanol–water partition coefficient (Wildman–Crippen LogP) is 2.77. The van der Waals surface area contributed by atoms with Crippen LogP contribution in [0.4, 0.5) is 5.69 Å². The maximum atomic E-state index is 12.2. The summed E-state index contributed by atoms with van der Waals surface area (Å²) in [6.07, 6.45) is 1.35. The Hall–Kier alpha value is -2.71. The van der Waals surface area contributed by atoms with Crippen LogP contribution in [0.3, 0.4) is 0 Å². The van der Waals surface area contributed by atoms with E-state index in [0.29, 0.717) is 27.1 Å². The third kappa shape index (κ3) is 4.17. The molecule has 0 fully saturated rings. The number of benzene rings is 1. The van der Waals surface area contributed by atoms with Gasteiger partial charge in [-0.05, 0) is 26.0 Å². The van der Waals surface area contributed by atoms with Gasteiger partial charge in [-0.15, -0.1) is 0 Å². The van der Waals surface area contributed by atoms with Crippen LogP contribution in [0.5, 0.6) is 0 Å². The average molecular weight is 408 g/mol. The van der Waals surface area contributed by atoms with Crippen molar-refractivity contribution in [1.29, 1.82) is 0 Å². The lowest BCUT2D eigenvalue weighted by Crippen LogP contribution is -2.22. The summed E-state index contributed by atoms with van der Waals surface area (Å²) in [6.45, 7) is 3.12. The summed E-state index contributed by atoms with van der Waals surface area (Å²) < 4.78 is 6.60. The Morgan fingerprint density at radius 1 is 1.22 bits per heavy atom. The zero-order valence-corrected chi connectivity index (χ0v) is 16.0. The van der Waals surface area contributed by atoms with E-state index in [1.807, 2.05) is 6.92 Å². The number of aryl methyl sites for hydroxylation is 2. The lowest BCUT2D eigenvalue weighted by molar-refractivity contribution is -0.146. The van der Waals surface area contributed by atoms with Gasteiger partial charge in [-0.2, -0.15) is 10.1 Å². The Morgan fingerprint density at radius 3 is 2.63 bits per heavy atom. The molecule has 140 valence electrons. The molecule has 0 saturated heterocycles. The molecule has 0 saturated carbocycles. The van der Waals surface area contributed by atoms with E-state index in [4.69, 9.17) is 27.9 Å². The molecule has 0 radical (unpaired) electrons. The van der Waals surface area contributed by atoms with E-state index in [9.17, 15) is 9.59 Å². The van der Waals surface area contributed by atoms with Gasteiger partial charge < -0.3 is 10.1 Å². The molecule has 0 aliphatic heterocycles. The fraction of sp³-hybridized carbons (Fsp3) is 0.235. The fourth-order valence-corrected chi connectivity index (χ4v) is 3.04. The van der Waals surface area contributed by atoms with Gasteiger partial charge in [0, 0.05) is 17.0 Å². The number of anilines is 1. The van der Waals surface area contributed by atoms with Crippen molar-refractivity contribution in [3.63, 3.8) is 0 Å². The van der Waals surface area contributed by atoms with Crippen LogP contribution in [0.2, 0.25) is 10.0 Å². The molecule has 10 heteroatoms. The second-order valence-electron chi connectivity index (χ2n) is 5.72. The summed E-state index contributed by atoms with van der Waals surface area (Å²) in [5, 5.41) is 7.18. The number of carbonyl (C=O) groups is 2. The minimum absolute atomic E-state index is 0.0411.